The molecule has 1 saturated heterocycles. The number of carbonyl (C=O) groups is 2. The summed E-state index contributed by atoms with van der Waals surface area (Å²) in [6.45, 7) is 6.59. The standard InChI is InChI=1S/C18H26N2O5S/c1-12(2)13(3)19-17(21)14-8-10-20(11-9-14)26(24,25)16-6-4-15(5-7-16)18(22)23/h4-7,12-14H,8-11H2,1-3H3,(H,19,21)(H,22,23). The fourth-order valence-electron chi connectivity index (χ4n) is 2.79. The lowest BCUT2D eigenvalue weighted by molar-refractivity contribution is -0.127. The molecule has 144 valence electrons. The molecule has 0 radical (unpaired) electrons. The summed E-state index contributed by atoms with van der Waals surface area (Å²) in [5, 5.41) is 11.9. The Kier molecular flexibility index (Phi) is 6.41. The molecule has 0 aliphatic carbocycles. The molecule has 1 aliphatic heterocycles. The molecule has 26 heavy (non-hydrogen) atoms. The zero-order valence-corrected chi connectivity index (χ0v) is 16.1. The Labute approximate surface area is 154 Å². The van der Waals surface area contributed by atoms with Crippen molar-refractivity contribution in [2.75, 3.05) is 13.1 Å². The minimum Gasteiger partial charge on any atom is -0.478 e. The van der Waals surface area contributed by atoms with Crippen LogP contribution in [0.4, 0.5) is 0 Å². The number of hydrogen-bond donors (Lipinski definition) is 2. The number of carboxylic acids is 1. The number of nitrogens with one attached hydrogen (secondary N) is 1. The van der Waals surface area contributed by atoms with Gasteiger partial charge in [0.2, 0.25) is 15.9 Å². The number of carboxylic acid groups (broad SMARTS) is 1. The average molecular weight is 382 g/mol. The van der Waals surface area contributed by atoms with E-state index in [9.17, 15) is 18.0 Å². The van der Waals surface area contributed by atoms with Crippen molar-refractivity contribution in [2.45, 2.75) is 44.6 Å². The van der Waals surface area contributed by atoms with Gasteiger partial charge >= 0.3 is 5.97 Å². The van der Waals surface area contributed by atoms with E-state index in [4.69, 9.17) is 5.11 Å². The number of piperidine rings is 1. The van der Waals surface area contributed by atoms with Crippen molar-refractivity contribution < 1.29 is 23.1 Å². The molecule has 1 heterocycles. The number of benzene rings is 1. The van der Waals surface area contributed by atoms with Crippen LogP contribution in [0.15, 0.2) is 29.2 Å². The monoisotopic (exact) mass is 382 g/mol. The lowest BCUT2D eigenvalue weighted by Gasteiger charge is -2.31. The Morgan fingerprint density at radius 2 is 1.65 bits per heavy atom. The second-order valence-corrected chi connectivity index (χ2v) is 8.99. The van der Waals surface area contributed by atoms with Crippen LogP contribution in [-0.4, -0.2) is 48.8 Å². The van der Waals surface area contributed by atoms with E-state index in [1.807, 2.05) is 20.8 Å². The molecule has 0 bridgehead atoms. The number of carbonyl (C=O) groups excluding carboxylic acids is 1. The number of sulfonamides is 1. The van der Waals surface area contributed by atoms with E-state index >= 15 is 0 Å². The predicted octanol–water partition coefficient (Wildman–Crippen LogP) is 1.95. The van der Waals surface area contributed by atoms with Gasteiger partial charge in [0, 0.05) is 25.0 Å². The molecule has 1 aromatic rings. The van der Waals surface area contributed by atoms with E-state index in [1.165, 1.54) is 28.6 Å². The molecular weight excluding hydrogens is 356 g/mol. The minimum atomic E-state index is -3.68. The third kappa shape index (κ3) is 4.62. The Morgan fingerprint density at radius 3 is 2.12 bits per heavy atom. The summed E-state index contributed by atoms with van der Waals surface area (Å²) in [7, 11) is -3.68. The van der Waals surface area contributed by atoms with Gasteiger partial charge < -0.3 is 10.4 Å². The van der Waals surface area contributed by atoms with Gasteiger partial charge in [-0.2, -0.15) is 4.31 Å². The molecule has 1 amide bonds. The highest BCUT2D eigenvalue weighted by atomic mass is 32.2. The van der Waals surface area contributed by atoms with Crippen LogP contribution in [0.25, 0.3) is 0 Å². The third-order valence-corrected chi connectivity index (χ3v) is 6.85. The average Bonchev–Trinajstić information content (AvgIpc) is 2.61. The SMILES string of the molecule is CC(C)C(C)NC(=O)C1CCN(S(=O)(=O)c2ccc(C(=O)O)cc2)CC1. The van der Waals surface area contributed by atoms with Crippen LogP contribution >= 0.6 is 0 Å². The van der Waals surface area contributed by atoms with Gasteiger partial charge in [-0.15, -0.1) is 0 Å². The molecule has 2 rings (SSSR count). The smallest absolute Gasteiger partial charge is 0.335 e. The third-order valence-electron chi connectivity index (χ3n) is 4.93. The minimum absolute atomic E-state index is 0.0194. The first-order chi connectivity index (χ1) is 12.1. The van der Waals surface area contributed by atoms with Crippen LogP contribution in [-0.2, 0) is 14.8 Å². The van der Waals surface area contributed by atoms with Crippen molar-refractivity contribution in [3.8, 4) is 0 Å². The van der Waals surface area contributed by atoms with Crippen LogP contribution in [0.2, 0.25) is 0 Å². The van der Waals surface area contributed by atoms with Crippen molar-refractivity contribution in [3.05, 3.63) is 29.8 Å². The second-order valence-electron chi connectivity index (χ2n) is 7.05. The van der Waals surface area contributed by atoms with Gasteiger partial charge in [-0.3, -0.25) is 4.79 Å². The van der Waals surface area contributed by atoms with E-state index in [-0.39, 0.29) is 41.4 Å². The van der Waals surface area contributed by atoms with Crippen LogP contribution in [0.1, 0.15) is 44.0 Å². The molecule has 1 unspecified atom stereocenters. The zero-order valence-electron chi connectivity index (χ0n) is 15.3. The van der Waals surface area contributed by atoms with Crippen LogP contribution in [0.3, 0.4) is 0 Å². The highest BCUT2D eigenvalue weighted by molar-refractivity contribution is 7.89. The quantitative estimate of drug-likeness (QED) is 0.783. The lowest BCUT2D eigenvalue weighted by Crippen LogP contribution is -2.45. The fourth-order valence-corrected chi connectivity index (χ4v) is 4.26. The molecule has 2 N–H and O–H groups in total. The molecule has 8 heteroatoms. The molecule has 0 spiro atoms. The maximum Gasteiger partial charge on any atom is 0.335 e. The summed E-state index contributed by atoms with van der Waals surface area (Å²) < 4.78 is 26.7. The van der Waals surface area contributed by atoms with Gasteiger partial charge in [0.1, 0.15) is 0 Å². The van der Waals surface area contributed by atoms with Crippen molar-refractivity contribution >= 4 is 21.9 Å². The first kappa shape index (κ1) is 20.4. The summed E-state index contributed by atoms with van der Waals surface area (Å²) in [6.07, 6.45) is 0.951. The predicted molar refractivity (Wildman–Crippen MR) is 97.3 cm³/mol. The van der Waals surface area contributed by atoms with Crippen molar-refractivity contribution in [2.24, 2.45) is 11.8 Å². The van der Waals surface area contributed by atoms with Crippen LogP contribution in [0.5, 0.6) is 0 Å². The Balaban J connectivity index is 2.00. The van der Waals surface area contributed by atoms with Crippen molar-refractivity contribution in [1.82, 2.24) is 9.62 Å². The molecule has 1 aromatic carbocycles. The highest BCUT2D eigenvalue weighted by Crippen LogP contribution is 2.24. The maximum atomic E-state index is 12.7. The Morgan fingerprint density at radius 1 is 1.12 bits per heavy atom. The molecule has 1 fully saturated rings. The van der Waals surface area contributed by atoms with Gasteiger partial charge in [-0.05, 0) is 49.9 Å². The summed E-state index contributed by atoms with van der Waals surface area (Å²) >= 11 is 0. The fraction of sp³-hybridized carbons (Fsp3) is 0.556. The lowest BCUT2D eigenvalue weighted by atomic mass is 9.96. The largest absolute Gasteiger partial charge is 0.478 e. The normalized spacial score (nSPS) is 17.8. The van der Waals surface area contributed by atoms with Gasteiger partial charge in [-0.25, -0.2) is 13.2 Å². The maximum absolute atomic E-state index is 12.7. The molecule has 0 aromatic heterocycles. The van der Waals surface area contributed by atoms with Crippen LogP contribution in [0, 0.1) is 11.8 Å². The summed E-state index contributed by atoms with van der Waals surface area (Å²) in [4.78, 5) is 23.3. The number of aromatic carboxylic acids is 1. The van der Waals surface area contributed by atoms with E-state index in [1.54, 1.807) is 0 Å². The molecule has 7 nitrogen and oxygen atoms in total. The van der Waals surface area contributed by atoms with Gasteiger partial charge in [0.25, 0.3) is 0 Å². The number of rotatable bonds is 6. The summed E-state index contributed by atoms with van der Waals surface area (Å²) in [5.74, 6) is -0.962. The van der Waals surface area contributed by atoms with Gasteiger partial charge in [0.15, 0.2) is 0 Å². The first-order valence-electron chi connectivity index (χ1n) is 8.76. The molecule has 1 atom stereocenters. The zero-order chi connectivity index (χ0) is 19.5. The van der Waals surface area contributed by atoms with Crippen LogP contribution < -0.4 is 5.32 Å². The summed E-state index contributed by atoms with van der Waals surface area (Å²) in [5.41, 5.74) is 0.0404. The first-order valence-corrected chi connectivity index (χ1v) is 10.2. The number of amides is 1. The van der Waals surface area contributed by atoms with E-state index in [0.29, 0.717) is 18.8 Å². The summed E-state index contributed by atoms with van der Waals surface area (Å²) in [6, 6.07) is 5.26. The molecule has 1 aliphatic rings. The number of hydrogen-bond acceptors (Lipinski definition) is 4. The van der Waals surface area contributed by atoms with Gasteiger partial charge in [-0.1, -0.05) is 13.8 Å². The molecule has 0 saturated carbocycles. The van der Waals surface area contributed by atoms with Crippen molar-refractivity contribution in [1.29, 1.82) is 0 Å². The van der Waals surface area contributed by atoms with E-state index in [2.05, 4.69) is 5.32 Å². The Hall–Kier alpha value is -1.93. The van der Waals surface area contributed by atoms with Gasteiger partial charge in [0.05, 0.1) is 10.5 Å². The Bertz CT molecular complexity index is 750. The van der Waals surface area contributed by atoms with E-state index < -0.39 is 16.0 Å². The second kappa shape index (κ2) is 8.18. The van der Waals surface area contributed by atoms with E-state index in [0.717, 1.165) is 0 Å². The number of nitrogens with zero attached hydrogens (tertiary/aromatic N) is 1. The van der Waals surface area contributed by atoms with Crippen molar-refractivity contribution in [3.63, 3.8) is 0 Å². The molecular formula is C18H26N2O5S. The highest BCUT2D eigenvalue weighted by Gasteiger charge is 2.32. The topological polar surface area (TPSA) is 104 Å².